The number of ketones is 1. The van der Waals surface area contributed by atoms with E-state index in [2.05, 4.69) is 9.89 Å². The quantitative estimate of drug-likeness (QED) is 0.0986. The molecule has 1 aromatic carbocycles. The lowest BCUT2D eigenvalue weighted by atomic mass is 10.1. The van der Waals surface area contributed by atoms with E-state index in [1.807, 2.05) is 0 Å². The summed E-state index contributed by atoms with van der Waals surface area (Å²) >= 11 is 0. The Morgan fingerprint density at radius 1 is 1.21 bits per heavy atom. The molecule has 0 atom stereocenters. The van der Waals surface area contributed by atoms with Crippen molar-refractivity contribution in [3.63, 3.8) is 0 Å². The summed E-state index contributed by atoms with van der Waals surface area (Å²) in [6.45, 7) is 4.72. The van der Waals surface area contributed by atoms with Gasteiger partial charge in [-0.1, -0.05) is 13.0 Å². The van der Waals surface area contributed by atoms with Crippen molar-refractivity contribution in [2.75, 3.05) is 46.0 Å². The van der Waals surface area contributed by atoms with Crippen LogP contribution in [0.4, 0.5) is 17.6 Å². The molecule has 188 valence electrons. The second kappa shape index (κ2) is 12.5. The molecule has 0 aromatic heterocycles. The summed E-state index contributed by atoms with van der Waals surface area (Å²) in [6, 6.07) is 2.28. The third-order valence-electron chi connectivity index (χ3n) is 5.12. The zero-order chi connectivity index (χ0) is 25.3. The minimum Gasteiger partial charge on any atom is -0.454 e. The van der Waals surface area contributed by atoms with Crippen molar-refractivity contribution in [1.29, 1.82) is 0 Å². The van der Waals surface area contributed by atoms with E-state index < -0.39 is 41.5 Å². The number of halogens is 4. The largest absolute Gasteiger partial charge is 0.454 e. The number of aliphatic imine (C=N–C) groups is 1. The molecular weight excluding hydrogens is 460 g/mol. The van der Waals surface area contributed by atoms with Crippen molar-refractivity contribution in [3.05, 3.63) is 46.4 Å². The molecule has 0 radical (unpaired) electrons. The van der Waals surface area contributed by atoms with Crippen LogP contribution in [0.15, 0.2) is 34.5 Å². The van der Waals surface area contributed by atoms with Crippen molar-refractivity contribution >= 4 is 17.6 Å². The SMILES string of the molecule is CCC(N)=C(C(=O)OCC(=O)c1cccc(C(F)(F)F)c1F)C(N)=NCCCN1CCOCC1. The molecule has 0 aliphatic carbocycles. The molecule has 1 aliphatic heterocycles. The average molecular weight is 488 g/mol. The molecule has 8 nitrogen and oxygen atoms in total. The van der Waals surface area contributed by atoms with E-state index in [4.69, 9.17) is 20.9 Å². The van der Waals surface area contributed by atoms with Crippen molar-refractivity contribution < 1.29 is 36.6 Å². The highest BCUT2D eigenvalue weighted by Crippen LogP contribution is 2.32. The van der Waals surface area contributed by atoms with Crippen molar-refractivity contribution in [2.24, 2.45) is 16.5 Å². The predicted molar refractivity (Wildman–Crippen MR) is 117 cm³/mol. The minimum absolute atomic E-state index is 0.0668. The maximum atomic E-state index is 14.2. The summed E-state index contributed by atoms with van der Waals surface area (Å²) in [5.74, 6) is -4.13. The van der Waals surface area contributed by atoms with Crippen LogP contribution in [0.3, 0.4) is 0 Å². The number of carbonyl (C=O) groups is 2. The maximum Gasteiger partial charge on any atom is 0.419 e. The van der Waals surface area contributed by atoms with Crippen LogP contribution in [0, 0.1) is 5.82 Å². The van der Waals surface area contributed by atoms with Crippen LogP contribution in [0.25, 0.3) is 0 Å². The lowest BCUT2D eigenvalue weighted by Crippen LogP contribution is -2.37. The van der Waals surface area contributed by atoms with Gasteiger partial charge in [0.15, 0.2) is 6.61 Å². The second-order valence-corrected chi connectivity index (χ2v) is 7.49. The monoisotopic (exact) mass is 488 g/mol. The first-order valence-corrected chi connectivity index (χ1v) is 10.7. The van der Waals surface area contributed by atoms with Gasteiger partial charge in [-0.25, -0.2) is 9.18 Å². The van der Waals surface area contributed by atoms with Crippen molar-refractivity contribution in [3.8, 4) is 0 Å². The molecule has 1 aromatic rings. The van der Waals surface area contributed by atoms with Crippen LogP contribution in [0.5, 0.6) is 0 Å². The summed E-state index contributed by atoms with van der Waals surface area (Å²) in [7, 11) is 0. The Balaban J connectivity index is 2.02. The number of nitrogens with zero attached hydrogens (tertiary/aromatic N) is 2. The number of morpholine rings is 1. The van der Waals surface area contributed by atoms with Gasteiger partial charge >= 0.3 is 12.1 Å². The molecule has 1 aliphatic rings. The Hall–Kier alpha value is -2.99. The molecule has 34 heavy (non-hydrogen) atoms. The number of Topliss-reactive ketones (excluding diaryl/α,β-unsaturated/α-hetero) is 1. The van der Waals surface area contributed by atoms with Crippen LogP contribution in [-0.2, 0) is 20.4 Å². The van der Waals surface area contributed by atoms with Gasteiger partial charge in [0.1, 0.15) is 17.2 Å². The molecule has 2 rings (SSSR count). The molecule has 0 unspecified atom stereocenters. The normalized spacial score (nSPS) is 16.2. The molecule has 0 spiro atoms. The summed E-state index contributed by atoms with van der Waals surface area (Å²) in [5.41, 5.74) is 9.21. The van der Waals surface area contributed by atoms with Crippen LogP contribution < -0.4 is 11.5 Å². The third-order valence-corrected chi connectivity index (χ3v) is 5.12. The Morgan fingerprint density at radius 3 is 2.50 bits per heavy atom. The van der Waals surface area contributed by atoms with E-state index in [1.165, 1.54) is 0 Å². The fraction of sp³-hybridized carbons (Fsp3) is 0.500. The number of benzene rings is 1. The number of alkyl halides is 3. The van der Waals surface area contributed by atoms with Gasteiger partial charge in [-0.15, -0.1) is 0 Å². The fourth-order valence-electron chi connectivity index (χ4n) is 3.22. The zero-order valence-electron chi connectivity index (χ0n) is 18.8. The van der Waals surface area contributed by atoms with Gasteiger partial charge in [-0.2, -0.15) is 13.2 Å². The number of carbonyl (C=O) groups excluding carboxylic acids is 2. The number of esters is 1. The Kier molecular flexibility index (Phi) is 9.99. The maximum absolute atomic E-state index is 14.2. The standard InChI is InChI=1S/C22H28F4N4O4/c1-2-16(27)18(20(28)29-7-4-8-30-9-11-33-12-10-30)21(32)34-13-17(31)14-5-3-6-15(19(14)23)22(24,25)26/h3,5-6H,2,4,7-13,27H2,1H3,(H2,28,29). The molecule has 4 N–H and O–H groups in total. The number of nitrogens with two attached hydrogens (primary N) is 2. The molecule has 12 heteroatoms. The van der Waals surface area contributed by atoms with Gasteiger partial charge in [0, 0.05) is 31.9 Å². The number of hydrogen-bond donors (Lipinski definition) is 2. The lowest BCUT2D eigenvalue weighted by Gasteiger charge is -2.26. The number of rotatable bonds is 10. The average Bonchev–Trinajstić information content (AvgIpc) is 2.80. The van der Waals surface area contributed by atoms with Gasteiger partial charge in [0.25, 0.3) is 0 Å². The Morgan fingerprint density at radius 2 is 1.88 bits per heavy atom. The predicted octanol–water partition coefficient (Wildman–Crippen LogP) is 2.27. The van der Waals surface area contributed by atoms with E-state index in [9.17, 15) is 27.2 Å². The number of hydrogen-bond acceptors (Lipinski definition) is 7. The minimum atomic E-state index is -4.98. The van der Waals surface area contributed by atoms with E-state index in [1.54, 1.807) is 6.92 Å². The van der Waals surface area contributed by atoms with Crippen LogP contribution in [0.1, 0.15) is 35.7 Å². The third kappa shape index (κ3) is 7.52. The van der Waals surface area contributed by atoms with Crippen molar-refractivity contribution in [2.45, 2.75) is 25.9 Å². The van der Waals surface area contributed by atoms with E-state index in [0.29, 0.717) is 32.2 Å². The van der Waals surface area contributed by atoms with E-state index in [0.717, 1.165) is 31.8 Å². The molecule has 1 fully saturated rings. The van der Waals surface area contributed by atoms with Gasteiger partial charge in [-0.05, 0) is 25.0 Å². The first-order valence-electron chi connectivity index (χ1n) is 10.7. The summed E-state index contributed by atoms with van der Waals surface area (Å²) in [6.07, 6.45) is -4.08. The summed E-state index contributed by atoms with van der Waals surface area (Å²) < 4.78 is 62.9. The van der Waals surface area contributed by atoms with Gasteiger partial charge < -0.3 is 20.9 Å². The topological polar surface area (TPSA) is 120 Å². The Bertz CT molecular complexity index is 941. The highest BCUT2D eigenvalue weighted by Gasteiger charge is 2.35. The molecule has 0 amide bonds. The zero-order valence-corrected chi connectivity index (χ0v) is 18.8. The first-order chi connectivity index (χ1) is 16.1. The van der Waals surface area contributed by atoms with Gasteiger partial charge in [0.2, 0.25) is 5.78 Å². The highest BCUT2D eigenvalue weighted by atomic mass is 19.4. The molecule has 0 bridgehead atoms. The lowest BCUT2D eigenvalue weighted by molar-refractivity contribution is -0.140. The summed E-state index contributed by atoms with van der Waals surface area (Å²) in [4.78, 5) is 31.2. The number of ether oxygens (including phenoxy) is 2. The molecule has 1 heterocycles. The van der Waals surface area contributed by atoms with Crippen LogP contribution >= 0.6 is 0 Å². The molecular formula is C22H28F4N4O4. The molecule has 1 saturated heterocycles. The first kappa shape index (κ1) is 27.3. The number of amidine groups is 1. The second-order valence-electron chi connectivity index (χ2n) is 7.49. The smallest absolute Gasteiger partial charge is 0.419 e. The Labute approximate surface area is 194 Å². The van der Waals surface area contributed by atoms with Gasteiger partial charge in [0.05, 0.1) is 24.3 Å². The van der Waals surface area contributed by atoms with Crippen molar-refractivity contribution in [1.82, 2.24) is 4.90 Å². The van der Waals surface area contributed by atoms with Gasteiger partial charge in [-0.3, -0.25) is 14.7 Å². The van der Waals surface area contributed by atoms with Crippen LogP contribution in [-0.4, -0.2) is 68.5 Å². The number of allylic oxidation sites excluding steroid dienone is 1. The summed E-state index contributed by atoms with van der Waals surface area (Å²) in [5, 5.41) is 0. The fourth-order valence-corrected chi connectivity index (χ4v) is 3.22. The molecule has 0 saturated carbocycles. The van der Waals surface area contributed by atoms with E-state index >= 15 is 0 Å². The van der Waals surface area contributed by atoms with E-state index in [-0.39, 0.29) is 23.5 Å². The van der Waals surface area contributed by atoms with Crippen LogP contribution in [0.2, 0.25) is 0 Å². The highest BCUT2D eigenvalue weighted by molar-refractivity contribution is 6.19.